The Balaban J connectivity index is 0.000000921. The van der Waals surface area contributed by atoms with E-state index in [9.17, 15) is 0 Å². The molecule has 0 fully saturated rings. The van der Waals surface area contributed by atoms with Crippen molar-refractivity contribution in [2.75, 3.05) is 6.61 Å². The minimum atomic E-state index is 0.551. The molecule has 0 amide bonds. The fourth-order valence-electron chi connectivity index (χ4n) is 1.03. The third-order valence-corrected chi connectivity index (χ3v) is 1.94. The van der Waals surface area contributed by atoms with Gasteiger partial charge < -0.3 is 4.74 Å². The lowest BCUT2D eigenvalue weighted by molar-refractivity contribution is 0.269. The van der Waals surface area contributed by atoms with Crippen LogP contribution in [0.2, 0.25) is 5.02 Å². The van der Waals surface area contributed by atoms with Crippen molar-refractivity contribution in [1.82, 2.24) is 0 Å². The zero-order valence-corrected chi connectivity index (χ0v) is 11.1. The van der Waals surface area contributed by atoms with Crippen LogP contribution in [0.5, 0.6) is 5.75 Å². The first-order chi connectivity index (χ1) is 7.09. The molecular weight excluding hydrogens is 208 g/mol. The Kier molecular flexibility index (Phi) is 7.23. The van der Waals surface area contributed by atoms with E-state index in [-0.39, 0.29) is 0 Å². The first-order valence-corrected chi connectivity index (χ1v) is 5.86. The summed E-state index contributed by atoms with van der Waals surface area (Å²) >= 11 is 5.82. The van der Waals surface area contributed by atoms with Crippen LogP contribution in [0.4, 0.5) is 0 Å². The Bertz CT molecular complexity index is 282. The number of halogens is 1. The van der Waals surface area contributed by atoms with Crippen LogP contribution < -0.4 is 4.74 Å². The van der Waals surface area contributed by atoms with Gasteiger partial charge in [-0.05, 0) is 36.6 Å². The Labute approximate surface area is 98.4 Å². The third kappa shape index (κ3) is 5.68. The fourth-order valence-corrected chi connectivity index (χ4v) is 1.26. The fraction of sp³-hybridized carbons (Fsp3) is 0.538. The zero-order valence-electron chi connectivity index (χ0n) is 10.3. The highest BCUT2D eigenvalue weighted by Gasteiger charge is 2.01. The van der Waals surface area contributed by atoms with Gasteiger partial charge >= 0.3 is 0 Å². The first-order valence-electron chi connectivity index (χ1n) is 5.48. The van der Waals surface area contributed by atoms with Crippen molar-refractivity contribution >= 4 is 11.6 Å². The van der Waals surface area contributed by atoms with Gasteiger partial charge in [-0.1, -0.05) is 39.3 Å². The monoisotopic (exact) mass is 228 g/mol. The average molecular weight is 229 g/mol. The van der Waals surface area contributed by atoms with Gasteiger partial charge in [0.25, 0.3) is 0 Å². The van der Waals surface area contributed by atoms with Gasteiger partial charge in [0, 0.05) is 5.02 Å². The van der Waals surface area contributed by atoms with E-state index in [4.69, 9.17) is 16.3 Å². The quantitative estimate of drug-likeness (QED) is 0.728. The maximum atomic E-state index is 5.82. The SMILES string of the molecule is CC.Cc1cc(Cl)ccc1OCC(C)C. The van der Waals surface area contributed by atoms with Crippen molar-refractivity contribution in [3.05, 3.63) is 28.8 Å². The topological polar surface area (TPSA) is 9.23 Å². The van der Waals surface area contributed by atoms with Gasteiger partial charge in [0.05, 0.1) is 6.61 Å². The Morgan fingerprint density at radius 1 is 1.27 bits per heavy atom. The molecule has 0 radical (unpaired) electrons. The second kappa shape index (κ2) is 7.58. The van der Waals surface area contributed by atoms with Gasteiger partial charge in [-0.15, -0.1) is 0 Å². The van der Waals surface area contributed by atoms with E-state index in [1.165, 1.54) is 0 Å². The molecule has 0 aromatic heterocycles. The molecule has 0 aliphatic rings. The highest BCUT2D eigenvalue weighted by Crippen LogP contribution is 2.22. The largest absolute Gasteiger partial charge is 0.493 e. The number of benzene rings is 1. The summed E-state index contributed by atoms with van der Waals surface area (Å²) in [7, 11) is 0. The predicted octanol–water partition coefficient (Wildman–Crippen LogP) is 4.71. The number of hydrogen-bond acceptors (Lipinski definition) is 1. The van der Waals surface area contributed by atoms with Crippen LogP contribution in [0.3, 0.4) is 0 Å². The van der Waals surface area contributed by atoms with Crippen molar-refractivity contribution in [3.63, 3.8) is 0 Å². The maximum Gasteiger partial charge on any atom is 0.122 e. The normalized spacial score (nSPS) is 9.53. The molecule has 0 atom stereocenters. The Hall–Kier alpha value is -0.690. The molecule has 2 heteroatoms. The van der Waals surface area contributed by atoms with Crippen LogP contribution in [0.1, 0.15) is 33.3 Å². The van der Waals surface area contributed by atoms with E-state index in [1.54, 1.807) is 0 Å². The number of hydrogen-bond donors (Lipinski definition) is 0. The average Bonchev–Trinajstić information content (AvgIpc) is 2.19. The number of rotatable bonds is 3. The van der Waals surface area contributed by atoms with Crippen molar-refractivity contribution in [2.24, 2.45) is 5.92 Å². The standard InChI is InChI=1S/C11H15ClO.C2H6/c1-8(2)7-13-11-5-4-10(12)6-9(11)3;1-2/h4-6,8H,7H2,1-3H3;1-2H3. The highest BCUT2D eigenvalue weighted by molar-refractivity contribution is 6.30. The molecule has 0 N–H and O–H groups in total. The van der Waals surface area contributed by atoms with Gasteiger partial charge in [-0.2, -0.15) is 0 Å². The van der Waals surface area contributed by atoms with Gasteiger partial charge in [0.2, 0.25) is 0 Å². The van der Waals surface area contributed by atoms with Crippen LogP contribution in [0, 0.1) is 12.8 Å². The molecule has 1 aromatic carbocycles. The van der Waals surface area contributed by atoms with Gasteiger partial charge in [-0.3, -0.25) is 0 Å². The summed E-state index contributed by atoms with van der Waals surface area (Å²) in [5.74, 6) is 1.48. The molecule has 15 heavy (non-hydrogen) atoms. The van der Waals surface area contributed by atoms with E-state index in [0.29, 0.717) is 5.92 Å². The number of ether oxygens (including phenoxy) is 1. The molecule has 1 rings (SSSR count). The lowest BCUT2D eigenvalue weighted by atomic mass is 10.2. The lowest BCUT2D eigenvalue weighted by Crippen LogP contribution is -2.05. The Morgan fingerprint density at radius 2 is 1.87 bits per heavy atom. The van der Waals surface area contributed by atoms with E-state index < -0.39 is 0 Å². The summed E-state index contributed by atoms with van der Waals surface area (Å²) in [4.78, 5) is 0. The molecule has 0 unspecified atom stereocenters. The predicted molar refractivity (Wildman–Crippen MR) is 67.9 cm³/mol. The zero-order chi connectivity index (χ0) is 11.8. The summed E-state index contributed by atoms with van der Waals surface area (Å²) in [6.45, 7) is 11.0. The summed E-state index contributed by atoms with van der Waals surface area (Å²) in [6.07, 6.45) is 0. The van der Waals surface area contributed by atoms with Crippen molar-refractivity contribution < 1.29 is 4.74 Å². The highest BCUT2D eigenvalue weighted by atomic mass is 35.5. The summed E-state index contributed by atoms with van der Waals surface area (Å²) in [5.41, 5.74) is 1.09. The number of aryl methyl sites for hydroxylation is 1. The van der Waals surface area contributed by atoms with Crippen LogP contribution in [0.15, 0.2) is 18.2 Å². The smallest absolute Gasteiger partial charge is 0.122 e. The lowest BCUT2D eigenvalue weighted by Gasteiger charge is -2.10. The van der Waals surface area contributed by atoms with Gasteiger partial charge in [0.15, 0.2) is 0 Å². The molecule has 0 bridgehead atoms. The minimum Gasteiger partial charge on any atom is -0.493 e. The first kappa shape index (κ1) is 14.3. The maximum absolute atomic E-state index is 5.82. The van der Waals surface area contributed by atoms with Crippen LogP contribution in [0.25, 0.3) is 0 Å². The molecule has 0 aliphatic carbocycles. The summed E-state index contributed by atoms with van der Waals surface area (Å²) in [5, 5.41) is 0.759. The summed E-state index contributed by atoms with van der Waals surface area (Å²) in [6, 6.07) is 5.68. The van der Waals surface area contributed by atoms with Crippen LogP contribution in [-0.4, -0.2) is 6.61 Å². The van der Waals surface area contributed by atoms with E-state index in [0.717, 1.165) is 22.9 Å². The van der Waals surface area contributed by atoms with E-state index in [2.05, 4.69) is 13.8 Å². The minimum absolute atomic E-state index is 0.551. The van der Waals surface area contributed by atoms with E-state index in [1.807, 2.05) is 39.0 Å². The molecule has 86 valence electrons. The summed E-state index contributed by atoms with van der Waals surface area (Å²) < 4.78 is 5.59. The Morgan fingerprint density at radius 3 is 2.33 bits per heavy atom. The van der Waals surface area contributed by atoms with Crippen molar-refractivity contribution in [3.8, 4) is 5.75 Å². The molecule has 0 saturated heterocycles. The van der Waals surface area contributed by atoms with E-state index >= 15 is 0 Å². The van der Waals surface area contributed by atoms with Crippen LogP contribution in [-0.2, 0) is 0 Å². The second-order valence-electron chi connectivity index (χ2n) is 3.61. The van der Waals surface area contributed by atoms with Gasteiger partial charge in [-0.25, -0.2) is 0 Å². The molecule has 0 heterocycles. The third-order valence-electron chi connectivity index (χ3n) is 1.71. The van der Waals surface area contributed by atoms with Crippen LogP contribution >= 0.6 is 11.6 Å². The van der Waals surface area contributed by atoms with Crippen molar-refractivity contribution in [1.29, 1.82) is 0 Å². The molecule has 0 spiro atoms. The molecule has 0 aliphatic heterocycles. The molecule has 1 nitrogen and oxygen atoms in total. The molecule has 1 aromatic rings. The second-order valence-corrected chi connectivity index (χ2v) is 4.05. The molecular formula is C13H21ClO. The molecule has 0 saturated carbocycles. The van der Waals surface area contributed by atoms with Gasteiger partial charge in [0.1, 0.15) is 5.75 Å². The van der Waals surface area contributed by atoms with Crippen molar-refractivity contribution in [2.45, 2.75) is 34.6 Å².